The summed E-state index contributed by atoms with van der Waals surface area (Å²) in [5, 5.41) is 12.5. The average molecular weight is 325 g/mol. The predicted molar refractivity (Wildman–Crippen MR) is 95.6 cm³/mol. The Bertz CT molecular complexity index is 710. The van der Waals surface area contributed by atoms with Crippen molar-refractivity contribution in [1.82, 2.24) is 0 Å². The van der Waals surface area contributed by atoms with Crippen LogP contribution in [0.5, 0.6) is 11.5 Å². The Balaban J connectivity index is 1.90. The fraction of sp³-hybridized carbons (Fsp3) is 0.350. The molecular weight excluding hydrogens is 300 g/mol. The Kier molecular flexibility index (Phi) is 5.16. The first-order chi connectivity index (χ1) is 11.7. The van der Waals surface area contributed by atoms with Gasteiger partial charge in [-0.25, -0.2) is 4.99 Å². The van der Waals surface area contributed by atoms with E-state index >= 15 is 0 Å². The van der Waals surface area contributed by atoms with Gasteiger partial charge in [0, 0.05) is 12.8 Å². The summed E-state index contributed by atoms with van der Waals surface area (Å²) in [5.74, 6) is 1.22. The van der Waals surface area contributed by atoms with E-state index in [2.05, 4.69) is 24.4 Å². The van der Waals surface area contributed by atoms with Gasteiger partial charge in [0.05, 0.1) is 18.4 Å². The summed E-state index contributed by atoms with van der Waals surface area (Å²) in [4.78, 5) is 4.94. The van der Waals surface area contributed by atoms with Crippen molar-refractivity contribution in [2.45, 2.75) is 38.4 Å². The number of benzene rings is 2. The summed E-state index contributed by atoms with van der Waals surface area (Å²) in [6.07, 6.45) is 3.13. The van der Waals surface area contributed by atoms with E-state index in [0.29, 0.717) is 5.75 Å². The van der Waals surface area contributed by atoms with Gasteiger partial charge in [0.1, 0.15) is 17.5 Å². The molecule has 0 radical (unpaired) electrons. The van der Waals surface area contributed by atoms with Crippen molar-refractivity contribution in [3.63, 3.8) is 0 Å². The lowest BCUT2D eigenvalue weighted by Gasteiger charge is -2.27. The zero-order valence-electron chi connectivity index (χ0n) is 14.3. The number of phenolic OH excluding ortho intramolecular Hbond substituents is 1. The minimum atomic E-state index is 0.192. The van der Waals surface area contributed by atoms with Crippen molar-refractivity contribution in [3.05, 3.63) is 59.7 Å². The molecule has 2 aromatic carbocycles. The molecule has 1 aliphatic rings. The Labute approximate surface area is 143 Å². The number of para-hydroxylation sites is 1. The van der Waals surface area contributed by atoms with Gasteiger partial charge in [-0.2, -0.15) is 0 Å². The van der Waals surface area contributed by atoms with E-state index < -0.39 is 0 Å². The van der Waals surface area contributed by atoms with Crippen molar-refractivity contribution in [1.29, 1.82) is 0 Å². The monoisotopic (exact) mass is 325 g/mol. The number of nitrogens with zero attached hydrogens (tertiary/aromatic N) is 1. The van der Waals surface area contributed by atoms with Crippen LogP contribution in [0.2, 0.25) is 0 Å². The zero-order chi connectivity index (χ0) is 16.9. The number of nitrogens with two attached hydrogens (primary N) is 1. The molecule has 1 heterocycles. The van der Waals surface area contributed by atoms with Crippen LogP contribution >= 0.6 is 0 Å². The number of phenols is 1. The second-order valence-corrected chi connectivity index (χ2v) is 6.22. The van der Waals surface area contributed by atoms with E-state index in [-0.39, 0.29) is 12.2 Å². The van der Waals surface area contributed by atoms with Gasteiger partial charge in [-0.15, -0.1) is 0 Å². The first kappa shape index (κ1) is 16.5. The van der Waals surface area contributed by atoms with Gasteiger partial charge in [0.25, 0.3) is 0 Å². The molecule has 0 unspecified atom stereocenters. The summed E-state index contributed by atoms with van der Waals surface area (Å²) >= 11 is 0. The maximum absolute atomic E-state index is 10.2. The predicted octanol–water partition coefficient (Wildman–Crippen LogP) is 3.02. The number of ether oxygens (including phenoxy) is 1. The highest BCUT2D eigenvalue weighted by Gasteiger charge is 2.29. The molecule has 0 amide bonds. The molecule has 0 spiro atoms. The van der Waals surface area contributed by atoms with E-state index in [1.807, 2.05) is 30.3 Å². The Morgan fingerprint density at radius 2 is 1.92 bits per heavy atom. The summed E-state index contributed by atoms with van der Waals surface area (Å²) in [5.41, 5.74) is 3.22. The highest BCUT2D eigenvalue weighted by atomic mass is 16.5. The smallest absolute Gasteiger partial charge is 0.180 e. The van der Waals surface area contributed by atoms with Crippen molar-refractivity contribution >= 4 is 5.71 Å². The van der Waals surface area contributed by atoms with E-state index in [9.17, 15) is 5.11 Å². The first-order valence-corrected chi connectivity index (χ1v) is 8.55. The summed E-state index contributed by atoms with van der Waals surface area (Å²) in [7, 11) is 1.67. The molecule has 1 aliphatic heterocycles. The van der Waals surface area contributed by atoms with Crippen LogP contribution in [0.1, 0.15) is 43.4 Å². The first-order valence-electron chi connectivity index (χ1n) is 8.55. The highest BCUT2D eigenvalue weighted by molar-refractivity contribution is 6.01. The maximum Gasteiger partial charge on any atom is 0.180 e. The molecule has 126 valence electrons. The van der Waals surface area contributed by atoms with Gasteiger partial charge in [-0.1, -0.05) is 19.1 Å². The molecule has 0 aromatic heterocycles. The van der Waals surface area contributed by atoms with Crippen LogP contribution in [0.3, 0.4) is 0 Å². The lowest BCUT2D eigenvalue weighted by atomic mass is 9.94. The maximum atomic E-state index is 10.2. The number of hydrogen-bond acceptors (Lipinski definition) is 3. The normalized spacial score (nSPS) is 20.5. The second-order valence-electron chi connectivity index (χ2n) is 6.22. The van der Waals surface area contributed by atoms with Gasteiger partial charge in [-0.3, -0.25) is 0 Å². The lowest BCUT2D eigenvalue weighted by Crippen LogP contribution is -2.91. The second kappa shape index (κ2) is 7.49. The Hall–Kier alpha value is -2.33. The third-order valence-corrected chi connectivity index (χ3v) is 4.53. The zero-order valence-corrected chi connectivity index (χ0v) is 14.3. The summed E-state index contributed by atoms with van der Waals surface area (Å²) < 4.78 is 5.24. The third-order valence-electron chi connectivity index (χ3n) is 4.53. The van der Waals surface area contributed by atoms with E-state index in [1.54, 1.807) is 13.2 Å². The van der Waals surface area contributed by atoms with E-state index in [1.165, 1.54) is 0 Å². The van der Waals surface area contributed by atoms with Gasteiger partial charge in [0.15, 0.2) is 6.17 Å². The summed E-state index contributed by atoms with van der Waals surface area (Å²) in [6, 6.07) is 15.9. The Morgan fingerprint density at radius 3 is 2.58 bits per heavy atom. The molecule has 3 rings (SSSR count). The van der Waals surface area contributed by atoms with Crippen molar-refractivity contribution < 1.29 is 15.2 Å². The molecule has 3 N–H and O–H groups in total. The molecule has 2 aromatic rings. The number of methoxy groups -OCH3 is 1. The fourth-order valence-corrected chi connectivity index (χ4v) is 3.29. The van der Waals surface area contributed by atoms with Crippen LogP contribution in [0.15, 0.2) is 53.5 Å². The van der Waals surface area contributed by atoms with Gasteiger partial charge in [0.2, 0.25) is 0 Å². The number of rotatable bonds is 5. The summed E-state index contributed by atoms with van der Waals surface area (Å²) in [6.45, 7) is 2.18. The molecule has 24 heavy (non-hydrogen) atoms. The van der Waals surface area contributed by atoms with Crippen LogP contribution in [-0.2, 0) is 0 Å². The molecular formula is C20H25N2O2+. The fourth-order valence-electron chi connectivity index (χ4n) is 3.29. The average Bonchev–Trinajstić information content (AvgIpc) is 2.62. The van der Waals surface area contributed by atoms with Crippen molar-refractivity contribution in [3.8, 4) is 11.5 Å². The molecule has 0 saturated carbocycles. The number of aromatic hydroxyl groups is 1. The van der Waals surface area contributed by atoms with Gasteiger partial charge in [-0.05, 0) is 48.4 Å². The van der Waals surface area contributed by atoms with Crippen LogP contribution in [0.25, 0.3) is 0 Å². The molecule has 0 saturated heterocycles. The molecule has 0 bridgehead atoms. The van der Waals surface area contributed by atoms with Crippen molar-refractivity contribution in [2.24, 2.45) is 4.99 Å². The lowest BCUT2D eigenvalue weighted by molar-refractivity contribution is -0.729. The van der Waals surface area contributed by atoms with E-state index in [4.69, 9.17) is 9.73 Å². The topological polar surface area (TPSA) is 58.4 Å². The molecule has 0 aliphatic carbocycles. The van der Waals surface area contributed by atoms with Gasteiger partial charge >= 0.3 is 0 Å². The Morgan fingerprint density at radius 1 is 1.17 bits per heavy atom. The standard InChI is InChI=1S/C20H24N2O2/c1-3-6-20-21-17(14-9-11-15(24-2)12-10-14)13-18(22-20)16-7-4-5-8-19(16)23/h4-5,7-12,18,20,22-23H,3,6,13H2,1-2H3/p+1/t18-,20-/m1/s1. The highest BCUT2D eigenvalue weighted by Crippen LogP contribution is 2.27. The molecule has 4 nitrogen and oxygen atoms in total. The largest absolute Gasteiger partial charge is 0.507 e. The van der Waals surface area contributed by atoms with Crippen LogP contribution < -0.4 is 10.1 Å². The number of quaternary nitrogens is 1. The number of hydrogen-bond donors (Lipinski definition) is 2. The minimum absolute atomic E-state index is 0.192. The molecule has 4 heteroatoms. The molecule has 2 atom stereocenters. The van der Waals surface area contributed by atoms with Gasteiger partial charge < -0.3 is 15.2 Å². The van der Waals surface area contributed by atoms with Crippen LogP contribution in [-0.4, -0.2) is 24.1 Å². The molecule has 0 fully saturated rings. The van der Waals surface area contributed by atoms with Crippen molar-refractivity contribution in [2.75, 3.05) is 7.11 Å². The quantitative estimate of drug-likeness (QED) is 0.888. The van der Waals surface area contributed by atoms with Crippen LogP contribution in [0, 0.1) is 0 Å². The van der Waals surface area contributed by atoms with Crippen LogP contribution in [0.4, 0.5) is 0 Å². The number of aliphatic imine (C=N–C) groups is 1. The SMILES string of the molecule is CCC[C@@H]1N=C(c2ccc(OC)cc2)C[C@H](c2ccccc2O)[NH2+]1. The third kappa shape index (κ3) is 3.60. The van der Waals surface area contributed by atoms with E-state index in [0.717, 1.165) is 41.9 Å². The minimum Gasteiger partial charge on any atom is -0.507 e.